The van der Waals surface area contributed by atoms with Crippen LogP contribution in [0.25, 0.3) is 0 Å². The van der Waals surface area contributed by atoms with Crippen LogP contribution in [0.15, 0.2) is 0 Å². The molecule has 34 heavy (non-hydrogen) atoms. The van der Waals surface area contributed by atoms with E-state index < -0.39 is 45.9 Å². The third-order valence-electron chi connectivity index (χ3n) is 0. The summed E-state index contributed by atoms with van der Waals surface area (Å²) in [4.78, 5) is 85.2. The fourth-order valence-corrected chi connectivity index (χ4v) is 0. The predicted molar refractivity (Wildman–Crippen MR) is 76.4 cm³/mol. The van der Waals surface area contributed by atoms with Crippen molar-refractivity contribution in [2.45, 2.75) is 0 Å². The Morgan fingerprint density at radius 1 is 0.294 bits per heavy atom. The molecule has 0 aromatic carbocycles. The Bertz CT molecular complexity index is 245. The van der Waals surface area contributed by atoms with Crippen molar-refractivity contribution in [1.29, 1.82) is 0 Å². The number of hydrogen-bond donors (Lipinski definition) is 0. The molecule has 0 heterocycles. The largest absolute Gasteiger partial charge is 2.00 e. The fourth-order valence-electron chi connectivity index (χ4n) is 0. The first kappa shape index (κ1) is 136. The number of hydrogen-bond acceptors (Lipinski definition) is 20. The molecule has 0 aliphatic rings. The van der Waals surface area contributed by atoms with Gasteiger partial charge in [-0.2, -0.15) is 0 Å². The van der Waals surface area contributed by atoms with Crippen LogP contribution in [0.1, 0.15) is 0 Å². The van der Waals surface area contributed by atoms with Gasteiger partial charge in [0.2, 0.25) is 0 Å². The normalized spacial score (nSPS) is 3.53. The molecule has 0 rings (SSSR count). The van der Waals surface area contributed by atoms with E-state index in [1.807, 2.05) is 0 Å². The van der Waals surface area contributed by atoms with E-state index in [1.54, 1.807) is 0 Å². The summed E-state index contributed by atoms with van der Waals surface area (Å²) in [6.45, 7) is 0. The maximum atomic E-state index is 8.52. The first-order valence-electron chi connectivity index (χ1n) is 3.06. The van der Waals surface area contributed by atoms with E-state index in [1.165, 1.54) is 0 Å². The summed E-state index contributed by atoms with van der Waals surface area (Å²) >= 11 is 0. The third kappa shape index (κ3) is 1160. The molecular formula is H5Ca3Mg3Na3O20Si5. The summed E-state index contributed by atoms with van der Waals surface area (Å²) in [5, 5.41) is 0. The average molecular weight is 728 g/mol. The molecular weight excluding hydrogens is 723 g/mol. The Balaban J connectivity index is -0.00000000441. The monoisotopic (exact) mass is 726 g/mol. The van der Waals surface area contributed by atoms with Crippen molar-refractivity contribution in [2.75, 3.05) is 0 Å². The van der Waals surface area contributed by atoms with Crippen molar-refractivity contribution >= 4 is 228 Å². The topological polar surface area (TPSA) is 466 Å². The maximum Gasteiger partial charge on any atom is 2.00 e. The Morgan fingerprint density at radius 2 is 0.294 bits per heavy atom. The van der Waals surface area contributed by atoms with E-state index in [4.69, 9.17) is 70.3 Å². The molecule has 0 aromatic rings. The van der Waals surface area contributed by atoms with Crippen LogP contribution < -0.4 is 137 Å². The summed E-state index contributed by atoms with van der Waals surface area (Å²) in [7, 11) is -18.1. The molecule has 160 valence electrons. The van der Waals surface area contributed by atoms with Crippen LogP contribution >= 0.6 is 0 Å². The Kier molecular flexibility index (Phi) is 502. The van der Waals surface area contributed by atoms with Crippen LogP contribution in [0.3, 0.4) is 0 Å². The predicted octanol–water partition coefficient (Wildman–Crippen LogP) is -26.5. The van der Waals surface area contributed by atoms with Gasteiger partial charge in [-0.25, -0.2) is 0 Å². The van der Waals surface area contributed by atoms with Gasteiger partial charge >= 0.3 is 271 Å². The minimum absolute atomic E-state index is 0. The van der Waals surface area contributed by atoms with Crippen LogP contribution in [0.5, 0.6) is 0 Å². The molecule has 34 heteroatoms. The Labute approximate surface area is 404 Å². The van der Waals surface area contributed by atoms with Gasteiger partial charge in [0.15, 0.2) is 0 Å². The van der Waals surface area contributed by atoms with Gasteiger partial charge in [-0.05, 0) is 0 Å². The van der Waals surface area contributed by atoms with Crippen LogP contribution in [0, 0.1) is 0 Å². The van der Waals surface area contributed by atoms with Gasteiger partial charge in [-0.1, -0.05) is 0 Å². The molecule has 20 nitrogen and oxygen atoms in total. The van der Waals surface area contributed by atoms with Gasteiger partial charge in [-0.3, -0.25) is 0 Å². The zero-order chi connectivity index (χ0) is 17.9. The quantitative estimate of drug-likeness (QED) is 0.209. The molecule has 0 saturated carbocycles. The minimum Gasteiger partial charge on any atom is -0.870 e. The molecule has 0 saturated heterocycles. The van der Waals surface area contributed by atoms with E-state index >= 15 is 0 Å². The van der Waals surface area contributed by atoms with Gasteiger partial charge in [0, 0.05) is 45.9 Å². The SMILES string of the molecule is O=[Si]([O-])[O-].O=[Si]([O-])[O-].O=[Si]([O-])[O-].O=[Si]([O-])[O-].O=[Si]([O-])[O-].[Ca+2].[Ca+2].[Ca+2].[Mg+2].[Mg+2].[Mg+2].[Na+].[Na+].[Na+].[OH-].[OH-].[OH-].[OH-].[OH-]. The van der Waals surface area contributed by atoms with E-state index in [2.05, 4.69) is 0 Å². The Hall–Kier alpha value is 6.96. The maximum absolute atomic E-state index is 8.52. The fraction of sp³-hybridized carbons (Fsp3) is 0. The van der Waals surface area contributed by atoms with Crippen molar-refractivity contribution in [1.82, 2.24) is 0 Å². The molecule has 0 amide bonds. The van der Waals surface area contributed by atoms with Gasteiger partial charge in [-0.15, -0.1) is 0 Å². The molecule has 5 N–H and O–H groups in total. The molecule has 0 fully saturated rings. The first-order chi connectivity index (χ1) is 8.66. The molecule has 0 spiro atoms. The van der Waals surface area contributed by atoms with Crippen molar-refractivity contribution in [3.05, 3.63) is 0 Å². The molecule has 0 aliphatic carbocycles. The van der Waals surface area contributed by atoms with Crippen LogP contribution in [0.2, 0.25) is 0 Å². The standard InChI is InChI=1S/3Ca.3Mg.3Na.5O3Si.5H2O/c;;;;;;;;;5*1-4(2)3;;;;;/h;;;;;;;;;;;;;;5*1H2/q6*+2;3*+1;5*-2;;;;;/p-5. The van der Waals surface area contributed by atoms with Crippen molar-refractivity contribution in [2.24, 2.45) is 0 Å². The summed E-state index contributed by atoms with van der Waals surface area (Å²) < 4.78 is 42.6. The zero-order valence-electron chi connectivity index (χ0n) is 18.1. The number of rotatable bonds is 0. The Morgan fingerprint density at radius 3 is 0.294 bits per heavy atom. The molecule has 0 radical (unpaired) electrons. The van der Waals surface area contributed by atoms with Gasteiger partial charge in [0.05, 0.1) is 0 Å². The zero-order valence-corrected chi connectivity index (χ0v) is 40.0. The average Bonchev–Trinajstić information content (AvgIpc) is 1.94. The summed E-state index contributed by atoms with van der Waals surface area (Å²) in [5.41, 5.74) is 0. The van der Waals surface area contributed by atoms with Gasteiger partial charge in [0.1, 0.15) is 0 Å². The van der Waals surface area contributed by atoms with Crippen LogP contribution in [-0.2, 0) is 22.3 Å². The summed E-state index contributed by atoms with van der Waals surface area (Å²) in [6.07, 6.45) is 0. The second-order valence-corrected chi connectivity index (χ2v) is 3.75. The summed E-state index contributed by atoms with van der Waals surface area (Å²) in [6, 6.07) is 0. The van der Waals surface area contributed by atoms with Crippen molar-refractivity contribution < 1.29 is 186 Å². The molecule has 0 bridgehead atoms. The van der Waals surface area contributed by atoms with Crippen LogP contribution in [-0.4, -0.2) is 256 Å². The smallest absolute Gasteiger partial charge is 0.870 e. The molecule has 0 unspecified atom stereocenters. The van der Waals surface area contributed by atoms with Gasteiger partial charge < -0.3 is 97.6 Å². The van der Waals surface area contributed by atoms with E-state index in [0.29, 0.717) is 0 Å². The second kappa shape index (κ2) is 126. The molecule has 0 aliphatic heterocycles. The minimum atomic E-state index is -3.63. The summed E-state index contributed by atoms with van der Waals surface area (Å²) in [5.74, 6) is 0. The van der Waals surface area contributed by atoms with E-state index in [-0.39, 0.29) is 298 Å². The van der Waals surface area contributed by atoms with E-state index in [0.717, 1.165) is 0 Å². The second-order valence-electron chi connectivity index (χ2n) is 1.25. The van der Waals surface area contributed by atoms with Crippen molar-refractivity contribution in [3.63, 3.8) is 0 Å². The first-order valence-corrected chi connectivity index (χ1v) is 9.19. The van der Waals surface area contributed by atoms with E-state index in [9.17, 15) is 0 Å². The van der Waals surface area contributed by atoms with Crippen molar-refractivity contribution in [3.8, 4) is 0 Å². The molecule has 0 aromatic heterocycles. The molecule has 0 atom stereocenters. The van der Waals surface area contributed by atoms with Crippen LogP contribution in [0.4, 0.5) is 0 Å². The van der Waals surface area contributed by atoms with Gasteiger partial charge in [0.25, 0.3) is 0 Å². The third-order valence-corrected chi connectivity index (χ3v) is 0.